The molecule has 0 fully saturated rings. The van der Waals surface area contributed by atoms with Gasteiger partial charge in [0.2, 0.25) is 0 Å². The Hall–Kier alpha value is -1.76. The van der Waals surface area contributed by atoms with Crippen LogP contribution < -0.4 is 5.32 Å². The van der Waals surface area contributed by atoms with E-state index in [1.807, 2.05) is 13.8 Å². The van der Waals surface area contributed by atoms with Gasteiger partial charge in [-0.15, -0.1) is 0 Å². The number of nitrogens with one attached hydrogen (secondary N) is 1. The van der Waals surface area contributed by atoms with Gasteiger partial charge in [-0.1, -0.05) is 63.6 Å². The molecular formula is C20H29N. The number of anilines is 1. The summed E-state index contributed by atoms with van der Waals surface area (Å²) in [7, 11) is 0. The van der Waals surface area contributed by atoms with Crippen LogP contribution in [0.15, 0.2) is 48.5 Å². The van der Waals surface area contributed by atoms with Crippen LogP contribution in [0.3, 0.4) is 0 Å². The zero-order valence-electron chi connectivity index (χ0n) is 14.1. The first-order chi connectivity index (χ1) is 10.2. The summed E-state index contributed by atoms with van der Waals surface area (Å²) in [5.74, 6) is 0. The van der Waals surface area contributed by atoms with Crippen molar-refractivity contribution in [3.05, 3.63) is 54.1 Å². The zero-order chi connectivity index (χ0) is 15.7. The maximum absolute atomic E-state index is 3.41. The van der Waals surface area contributed by atoms with E-state index >= 15 is 0 Å². The minimum absolute atomic E-state index is 0.471. The van der Waals surface area contributed by atoms with Crippen LogP contribution in [-0.4, -0.2) is 6.04 Å². The van der Waals surface area contributed by atoms with Gasteiger partial charge in [0.05, 0.1) is 0 Å². The number of rotatable bonds is 5. The van der Waals surface area contributed by atoms with E-state index in [0.29, 0.717) is 6.04 Å². The standard InChI is InChI=1S/C18H23N.C2H6/c1-4-5-15-6-8-16(9-7-15)17-10-12-18(13-11-17)19-14(2)3;1-2/h6-14,19H,4-5H2,1-3H3;1-2H3. The molecule has 0 unspecified atom stereocenters. The fraction of sp³-hybridized carbons (Fsp3) is 0.400. The second-order valence-electron chi connectivity index (χ2n) is 5.32. The molecule has 0 saturated heterocycles. The lowest BCUT2D eigenvalue weighted by molar-refractivity contribution is 0.900. The minimum atomic E-state index is 0.471. The highest BCUT2D eigenvalue weighted by atomic mass is 14.9. The van der Waals surface area contributed by atoms with Crippen molar-refractivity contribution in [1.82, 2.24) is 0 Å². The van der Waals surface area contributed by atoms with Gasteiger partial charge in [0, 0.05) is 11.7 Å². The van der Waals surface area contributed by atoms with E-state index in [1.54, 1.807) is 0 Å². The normalized spacial score (nSPS) is 10.0. The Labute approximate surface area is 130 Å². The summed E-state index contributed by atoms with van der Waals surface area (Å²) in [6.45, 7) is 10.5. The van der Waals surface area contributed by atoms with Gasteiger partial charge in [-0.2, -0.15) is 0 Å². The number of aryl methyl sites for hydroxylation is 1. The molecule has 0 aliphatic rings. The van der Waals surface area contributed by atoms with Crippen molar-refractivity contribution in [3.63, 3.8) is 0 Å². The van der Waals surface area contributed by atoms with Crippen LogP contribution in [0.1, 0.15) is 46.6 Å². The van der Waals surface area contributed by atoms with Crippen LogP contribution in [-0.2, 0) is 6.42 Å². The van der Waals surface area contributed by atoms with E-state index in [4.69, 9.17) is 0 Å². The first-order valence-corrected chi connectivity index (χ1v) is 8.15. The predicted octanol–water partition coefficient (Wildman–Crippen LogP) is 6.15. The zero-order valence-corrected chi connectivity index (χ0v) is 14.1. The van der Waals surface area contributed by atoms with Crippen molar-refractivity contribution in [2.45, 2.75) is 53.5 Å². The third-order valence-electron chi connectivity index (χ3n) is 3.17. The maximum Gasteiger partial charge on any atom is 0.0342 e. The fourth-order valence-electron chi connectivity index (χ4n) is 2.24. The lowest BCUT2D eigenvalue weighted by Gasteiger charge is -2.10. The largest absolute Gasteiger partial charge is 0.383 e. The van der Waals surface area contributed by atoms with Crippen LogP contribution in [0, 0.1) is 0 Å². The van der Waals surface area contributed by atoms with Crippen LogP contribution in [0.2, 0.25) is 0 Å². The lowest BCUT2D eigenvalue weighted by Crippen LogP contribution is -2.09. The summed E-state index contributed by atoms with van der Waals surface area (Å²) in [4.78, 5) is 0. The Bertz CT molecular complexity index is 494. The summed E-state index contributed by atoms with van der Waals surface area (Å²) < 4.78 is 0. The average Bonchev–Trinajstić information content (AvgIpc) is 2.51. The summed E-state index contributed by atoms with van der Waals surface area (Å²) in [6.07, 6.45) is 2.37. The van der Waals surface area contributed by atoms with Crippen molar-refractivity contribution in [1.29, 1.82) is 0 Å². The molecule has 0 amide bonds. The van der Waals surface area contributed by atoms with E-state index in [9.17, 15) is 0 Å². The molecule has 0 aliphatic carbocycles. The molecule has 0 aliphatic heterocycles. The molecule has 2 aromatic carbocycles. The molecule has 21 heavy (non-hydrogen) atoms. The quantitative estimate of drug-likeness (QED) is 0.693. The van der Waals surface area contributed by atoms with Gasteiger partial charge in [0.1, 0.15) is 0 Å². The molecule has 1 heteroatoms. The first-order valence-electron chi connectivity index (χ1n) is 8.15. The Balaban J connectivity index is 0.00000106. The maximum atomic E-state index is 3.41. The highest BCUT2D eigenvalue weighted by molar-refractivity contribution is 5.66. The van der Waals surface area contributed by atoms with Crippen molar-refractivity contribution >= 4 is 5.69 Å². The fourth-order valence-corrected chi connectivity index (χ4v) is 2.24. The third-order valence-corrected chi connectivity index (χ3v) is 3.17. The van der Waals surface area contributed by atoms with Crippen molar-refractivity contribution < 1.29 is 0 Å². The minimum Gasteiger partial charge on any atom is -0.383 e. The van der Waals surface area contributed by atoms with Gasteiger partial charge in [-0.3, -0.25) is 0 Å². The summed E-state index contributed by atoms with van der Waals surface area (Å²) in [5, 5.41) is 3.41. The van der Waals surface area contributed by atoms with Crippen molar-refractivity contribution in [2.75, 3.05) is 5.32 Å². The summed E-state index contributed by atoms with van der Waals surface area (Å²) >= 11 is 0. The van der Waals surface area contributed by atoms with Gasteiger partial charge in [-0.25, -0.2) is 0 Å². The highest BCUT2D eigenvalue weighted by Crippen LogP contribution is 2.22. The molecule has 0 spiro atoms. The monoisotopic (exact) mass is 283 g/mol. The van der Waals surface area contributed by atoms with Crippen LogP contribution in [0.5, 0.6) is 0 Å². The number of hydrogen-bond acceptors (Lipinski definition) is 1. The van der Waals surface area contributed by atoms with Crippen LogP contribution >= 0.6 is 0 Å². The lowest BCUT2D eigenvalue weighted by atomic mass is 10.0. The van der Waals surface area contributed by atoms with Gasteiger partial charge in [0.25, 0.3) is 0 Å². The molecule has 0 heterocycles. The molecule has 114 valence electrons. The van der Waals surface area contributed by atoms with Gasteiger partial charge < -0.3 is 5.32 Å². The molecule has 2 aromatic rings. The smallest absolute Gasteiger partial charge is 0.0342 e. The number of benzene rings is 2. The van der Waals surface area contributed by atoms with Gasteiger partial charge in [-0.05, 0) is 49.1 Å². The highest BCUT2D eigenvalue weighted by Gasteiger charge is 1.99. The number of hydrogen-bond donors (Lipinski definition) is 1. The molecule has 0 atom stereocenters. The molecule has 1 nitrogen and oxygen atoms in total. The molecule has 1 N–H and O–H groups in total. The Morgan fingerprint density at radius 1 is 0.810 bits per heavy atom. The van der Waals surface area contributed by atoms with E-state index in [2.05, 4.69) is 74.6 Å². The third kappa shape index (κ3) is 5.63. The van der Waals surface area contributed by atoms with Gasteiger partial charge in [0.15, 0.2) is 0 Å². The van der Waals surface area contributed by atoms with Crippen LogP contribution in [0.25, 0.3) is 11.1 Å². The molecule has 0 aromatic heterocycles. The molecular weight excluding hydrogens is 254 g/mol. The van der Waals surface area contributed by atoms with E-state index < -0.39 is 0 Å². The summed E-state index contributed by atoms with van der Waals surface area (Å²) in [5.41, 5.74) is 5.17. The van der Waals surface area contributed by atoms with Crippen molar-refractivity contribution in [2.24, 2.45) is 0 Å². The Kier molecular flexibility index (Phi) is 7.60. The Morgan fingerprint density at radius 2 is 1.29 bits per heavy atom. The van der Waals surface area contributed by atoms with E-state index in [-0.39, 0.29) is 0 Å². The SMILES string of the molecule is CC.CCCc1ccc(-c2ccc(NC(C)C)cc2)cc1. The molecule has 0 radical (unpaired) electrons. The Morgan fingerprint density at radius 3 is 1.71 bits per heavy atom. The van der Waals surface area contributed by atoms with E-state index in [1.165, 1.54) is 28.8 Å². The van der Waals surface area contributed by atoms with Crippen LogP contribution in [0.4, 0.5) is 5.69 Å². The average molecular weight is 283 g/mol. The molecule has 2 rings (SSSR count). The first kappa shape index (κ1) is 17.3. The molecule has 0 bridgehead atoms. The second-order valence-corrected chi connectivity index (χ2v) is 5.32. The van der Waals surface area contributed by atoms with E-state index in [0.717, 1.165) is 6.42 Å². The summed E-state index contributed by atoms with van der Waals surface area (Å²) in [6, 6.07) is 18.0. The second kappa shape index (κ2) is 9.23. The predicted molar refractivity (Wildman–Crippen MR) is 96.0 cm³/mol. The van der Waals surface area contributed by atoms with Gasteiger partial charge >= 0.3 is 0 Å². The molecule has 0 saturated carbocycles. The topological polar surface area (TPSA) is 12.0 Å². The van der Waals surface area contributed by atoms with Crippen molar-refractivity contribution in [3.8, 4) is 11.1 Å².